The monoisotopic (exact) mass is 293 g/mol. The molecule has 1 N–H and O–H groups in total. The van der Waals surface area contributed by atoms with E-state index in [1.54, 1.807) is 0 Å². The van der Waals surface area contributed by atoms with Crippen LogP contribution in [0.4, 0.5) is 0 Å². The van der Waals surface area contributed by atoms with Crippen molar-refractivity contribution in [2.24, 2.45) is 0 Å². The molecule has 0 radical (unpaired) electrons. The first-order chi connectivity index (χ1) is 9.59. The summed E-state index contributed by atoms with van der Waals surface area (Å²) in [4.78, 5) is 26.6. The van der Waals surface area contributed by atoms with Gasteiger partial charge in [0, 0.05) is 6.08 Å². The number of carbonyl (C=O) groups is 2. The third kappa shape index (κ3) is 3.58. The minimum atomic E-state index is -0.160. The molecule has 5 nitrogen and oxygen atoms in total. The maximum atomic E-state index is 12.1. The fraction of sp³-hybridized carbons (Fsp3) is 0.500. The van der Waals surface area contributed by atoms with Gasteiger partial charge in [0.05, 0.1) is 16.7 Å². The summed E-state index contributed by atoms with van der Waals surface area (Å²) in [6.07, 6.45) is 6.20. The summed E-state index contributed by atoms with van der Waals surface area (Å²) in [5.41, 5.74) is 0.706. The summed E-state index contributed by atoms with van der Waals surface area (Å²) in [5.74, 6) is 0.615. The van der Waals surface area contributed by atoms with Gasteiger partial charge in [-0.1, -0.05) is 6.42 Å². The molecule has 0 saturated heterocycles. The first-order valence-corrected chi connectivity index (χ1v) is 7.70. The highest BCUT2D eigenvalue weighted by molar-refractivity contribution is 8.04. The third-order valence-corrected chi connectivity index (χ3v) is 4.23. The lowest BCUT2D eigenvalue weighted by atomic mass is 10.0. The quantitative estimate of drug-likeness (QED) is 0.780. The number of hydrogen-bond donors (Lipinski definition) is 1. The maximum Gasteiger partial charge on any atom is 0.205 e. The van der Waals surface area contributed by atoms with E-state index in [1.807, 2.05) is 0 Å². The van der Waals surface area contributed by atoms with Crippen LogP contribution in [0.5, 0.6) is 0 Å². The Morgan fingerprint density at radius 3 is 2.80 bits per heavy atom. The van der Waals surface area contributed by atoms with Crippen molar-refractivity contribution in [2.45, 2.75) is 19.3 Å². The number of rotatable bonds is 7. The molecule has 0 aliphatic heterocycles. The number of carbonyl (C=O) groups excluding carboxylic acids is 2. The smallest absolute Gasteiger partial charge is 0.205 e. The van der Waals surface area contributed by atoms with Gasteiger partial charge < -0.3 is 4.90 Å². The number of H-pyrrole nitrogens is 1. The largest absolute Gasteiger partial charge is 0.309 e. The fourth-order valence-electron chi connectivity index (χ4n) is 2.03. The minimum absolute atomic E-state index is 0.0911. The van der Waals surface area contributed by atoms with Crippen LogP contribution in [-0.2, 0) is 0 Å². The number of aromatic amines is 1. The van der Waals surface area contributed by atoms with Gasteiger partial charge in [0.25, 0.3) is 0 Å². The van der Waals surface area contributed by atoms with Crippen LogP contribution in [-0.4, -0.2) is 53.1 Å². The second-order valence-electron chi connectivity index (χ2n) is 5.07. The Hall–Kier alpha value is -1.40. The van der Waals surface area contributed by atoms with E-state index >= 15 is 0 Å². The Bertz CT molecular complexity index is 534. The number of nitrogens with one attached hydrogen (secondary N) is 1. The van der Waals surface area contributed by atoms with Crippen molar-refractivity contribution >= 4 is 23.3 Å². The maximum absolute atomic E-state index is 12.1. The van der Waals surface area contributed by atoms with E-state index in [-0.39, 0.29) is 11.6 Å². The minimum Gasteiger partial charge on any atom is -0.309 e. The predicted octanol–water partition coefficient (Wildman–Crippen LogP) is 2.14. The highest BCUT2D eigenvalue weighted by Gasteiger charge is 2.27. The van der Waals surface area contributed by atoms with Gasteiger partial charge in [-0.05, 0) is 39.2 Å². The van der Waals surface area contributed by atoms with Crippen molar-refractivity contribution in [3.8, 4) is 0 Å². The summed E-state index contributed by atoms with van der Waals surface area (Å²) >= 11 is 1.47. The topological polar surface area (TPSA) is 66.1 Å². The molecule has 108 valence electrons. The van der Waals surface area contributed by atoms with Crippen LogP contribution in [0.25, 0.3) is 0 Å². The van der Waals surface area contributed by atoms with Crippen LogP contribution in [0.1, 0.15) is 40.1 Å². The molecule has 0 fully saturated rings. The molecule has 0 saturated carbocycles. The van der Waals surface area contributed by atoms with E-state index < -0.39 is 0 Å². The van der Waals surface area contributed by atoms with Crippen LogP contribution in [0, 0.1) is 0 Å². The van der Waals surface area contributed by atoms with E-state index in [2.05, 4.69) is 29.2 Å². The van der Waals surface area contributed by atoms with E-state index in [1.165, 1.54) is 24.0 Å². The molecule has 0 amide bonds. The van der Waals surface area contributed by atoms with Crippen molar-refractivity contribution in [3.63, 3.8) is 0 Å². The van der Waals surface area contributed by atoms with Gasteiger partial charge in [-0.3, -0.25) is 14.7 Å². The zero-order chi connectivity index (χ0) is 14.5. The molecule has 20 heavy (non-hydrogen) atoms. The molecule has 1 aliphatic rings. The van der Waals surface area contributed by atoms with E-state index in [4.69, 9.17) is 0 Å². The summed E-state index contributed by atoms with van der Waals surface area (Å²) in [6.45, 7) is 1.09. The van der Waals surface area contributed by atoms with Crippen LogP contribution in [0.15, 0.2) is 17.2 Å². The summed E-state index contributed by atoms with van der Waals surface area (Å²) < 4.78 is 0. The Morgan fingerprint density at radius 2 is 2.05 bits per heavy atom. The number of thioether (sulfide) groups is 1. The lowest BCUT2D eigenvalue weighted by Crippen LogP contribution is -2.14. The van der Waals surface area contributed by atoms with Crippen molar-refractivity contribution in [1.82, 2.24) is 15.1 Å². The summed E-state index contributed by atoms with van der Waals surface area (Å²) in [7, 11) is 4.13. The van der Waals surface area contributed by atoms with Gasteiger partial charge in [0.1, 0.15) is 5.69 Å². The van der Waals surface area contributed by atoms with Crippen molar-refractivity contribution < 1.29 is 9.59 Å². The molecule has 1 aromatic heterocycles. The molecule has 0 bridgehead atoms. The van der Waals surface area contributed by atoms with Crippen LogP contribution < -0.4 is 0 Å². The molecule has 0 aromatic carbocycles. The summed E-state index contributed by atoms with van der Waals surface area (Å²) in [6, 6.07) is 0. The SMILES string of the molecule is CN(C)CCCCCSC1=CC(=O)c2[nH]ncc2C1=O. The number of aromatic nitrogens is 2. The predicted molar refractivity (Wildman–Crippen MR) is 80.2 cm³/mol. The van der Waals surface area contributed by atoms with E-state index in [9.17, 15) is 9.59 Å². The van der Waals surface area contributed by atoms with Crippen LogP contribution in [0.2, 0.25) is 0 Å². The Kier molecular flexibility index (Phi) is 5.14. The molecular weight excluding hydrogens is 274 g/mol. The van der Waals surface area contributed by atoms with Gasteiger partial charge in [-0.15, -0.1) is 11.8 Å². The zero-order valence-electron chi connectivity index (χ0n) is 11.8. The van der Waals surface area contributed by atoms with Crippen molar-refractivity contribution in [3.05, 3.63) is 28.4 Å². The van der Waals surface area contributed by atoms with Gasteiger partial charge in [0.2, 0.25) is 11.6 Å². The van der Waals surface area contributed by atoms with Gasteiger partial charge in [-0.25, -0.2) is 0 Å². The van der Waals surface area contributed by atoms with Crippen molar-refractivity contribution in [1.29, 1.82) is 0 Å². The number of hydrogen-bond acceptors (Lipinski definition) is 5. The normalized spacial score (nSPS) is 14.7. The standard InChI is InChI=1S/C14H19N3O2S/c1-17(2)6-4-3-5-7-20-12-8-11(18)13-10(14(12)19)9-15-16-13/h8-9H,3-7H2,1-2H3,(H,15,16). The average Bonchev–Trinajstić information content (AvgIpc) is 2.88. The number of unbranched alkanes of at least 4 members (excludes halogenated alkanes) is 2. The van der Waals surface area contributed by atoms with Crippen LogP contribution >= 0.6 is 11.8 Å². The molecular formula is C14H19N3O2S. The first-order valence-electron chi connectivity index (χ1n) is 6.71. The number of allylic oxidation sites excluding steroid dienone is 2. The lowest BCUT2D eigenvalue weighted by molar-refractivity contribution is 0.0989. The lowest BCUT2D eigenvalue weighted by Gasteiger charge is -2.11. The van der Waals surface area contributed by atoms with E-state index in [0.29, 0.717) is 16.2 Å². The number of ketones is 2. The molecule has 0 atom stereocenters. The molecule has 1 aliphatic carbocycles. The highest BCUT2D eigenvalue weighted by Crippen LogP contribution is 2.27. The second-order valence-corrected chi connectivity index (χ2v) is 6.21. The molecule has 0 unspecified atom stereocenters. The first kappa shape index (κ1) is 15.0. The van der Waals surface area contributed by atoms with Gasteiger partial charge in [-0.2, -0.15) is 5.10 Å². The van der Waals surface area contributed by atoms with Crippen LogP contribution in [0.3, 0.4) is 0 Å². The number of Topliss-reactive ketones (excluding diaryl/α,β-unsaturated/α-hetero) is 1. The molecule has 1 heterocycles. The highest BCUT2D eigenvalue weighted by atomic mass is 32.2. The Morgan fingerprint density at radius 1 is 1.25 bits per heavy atom. The summed E-state index contributed by atoms with van der Waals surface area (Å²) in [5, 5.41) is 6.34. The Balaban J connectivity index is 1.79. The zero-order valence-corrected chi connectivity index (χ0v) is 12.6. The number of fused-ring (bicyclic) bond motifs is 1. The average molecular weight is 293 g/mol. The second kappa shape index (κ2) is 6.85. The molecule has 6 heteroatoms. The van der Waals surface area contributed by atoms with E-state index in [0.717, 1.165) is 31.6 Å². The van der Waals surface area contributed by atoms with Gasteiger partial charge in [0.15, 0.2) is 0 Å². The third-order valence-electron chi connectivity index (χ3n) is 3.12. The number of nitrogens with zero attached hydrogens (tertiary/aromatic N) is 2. The molecule has 2 rings (SSSR count). The van der Waals surface area contributed by atoms with Crippen molar-refractivity contribution in [2.75, 3.05) is 26.4 Å². The fourth-order valence-corrected chi connectivity index (χ4v) is 3.03. The molecule has 0 spiro atoms. The van der Waals surface area contributed by atoms with Gasteiger partial charge >= 0.3 is 0 Å². The Labute approximate surface area is 122 Å². The molecule has 1 aromatic rings.